The topological polar surface area (TPSA) is 126 Å². The van der Waals surface area contributed by atoms with Gasteiger partial charge in [0.15, 0.2) is 12.2 Å². The summed E-state index contributed by atoms with van der Waals surface area (Å²) in [6.07, 6.45) is -3.50. The fourth-order valence-electron chi connectivity index (χ4n) is 3.78. The number of carbonyl (C=O) groups excluding carboxylic acids is 4. The van der Waals surface area contributed by atoms with Crippen LogP contribution in [-0.2, 0) is 49.5 Å². The molecule has 0 bridgehead atoms. The first-order valence-corrected chi connectivity index (χ1v) is 13.5. The van der Waals surface area contributed by atoms with E-state index in [0.29, 0.717) is 5.75 Å². The standard InChI is InChI=1S/C25H34ClNO9S/c1-5-37-25-23(36-20(30)13-26)22(33-14-18-9-7-6-8-10-18)21(15(2)34-25)27-24(31)19(35-17(4)29)11-12-32-16(3)28/h6-10,15,19,21-23,25H,5,11-14H2,1-4H3,(H,27,31)/t15-,19-,21-,22+,23+,25+/m1/s1. The van der Waals surface area contributed by atoms with Crippen molar-refractivity contribution in [2.75, 3.05) is 18.2 Å². The van der Waals surface area contributed by atoms with Crippen LogP contribution in [0.4, 0.5) is 0 Å². The van der Waals surface area contributed by atoms with Crippen molar-refractivity contribution >= 4 is 47.2 Å². The van der Waals surface area contributed by atoms with Crippen molar-refractivity contribution < 1.29 is 42.9 Å². The zero-order valence-corrected chi connectivity index (χ0v) is 22.9. The zero-order chi connectivity index (χ0) is 27.4. The number of hydrogen-bond acceptors (Lipinski definition) is 10. The predicted molar refractivity (Wildman–Crippen MR) is 137 cm³/mol. The Kier molecular flexibility index (Phi) is 13.2. The molecule has 0 unspecified atom stereocenters. The Balaban J connectivity index is 2.31. The number of esters is 3. The van der Waals surface area contributed by atoms with E-state index < -0.39 is 59.7 Å². The van der Waals surface area contributed by atoms with E-state index in [1.807, 2.05) is 37.3 Å². The van der Waals surface area contributed by atoms with Gasteiger partial charge in [-0.05, 0) is 18.2 Å². The summed E-state index contributed by atoms with van der Waals surface area (Å²) in [7, 11) is 0. The van der Waals surface area contributed by atoms with Gasteiger partial charge in [0.2, 0.25) is 0 Å². The number of amides is 1. The maximum absolute atomic E-state index is 13.2. The highest BCUT2D eigenvalue weighted by Gasteiger charge is 2.48. The van der Waals surface area contributed by atoms with E-state index in [1.165, 1.54) is 25.6 Å². The molecule has 10 nitrogen and oxygen atoms in total. The lowest BCUT2D eigenvalue weighted by Gasteiger charge is -2.45. The summed E-state index contributed by atoms with van der Waals surface area (Å²) in [5, 5.41) is 2.84. The van der Waals surface area contributed by atoms with Crippen LogP contribution in [0.2, 0.25) is 0 Å². The Morgan fingerprint density at radius 2 is 1.81 bits per heavy atom. The molecule has 1 aromatic rings. The van der Waals surface area contributed by atoms with Gasteiger partial charge < -0.3 is 29.0 Å². The Bertz CT molecular complexity index is 903. The molecule has 1 fully saturated rings. The van der Waals surface area contributed by atoms with Crippen LogP contribution in [0.15, 0.2) is 30.3 Å². The molecule has 0 spiro atoms. The van der Waals surface area contributed by atoms with Crippen LogP contribution in [0.25, 0.3) is 0 Å². The number of hydrogen-bond donors (Lipinski definition) is 1. The molecule has 37 heavy (non-hydrogen) atoms. The highest BCUT2D eigenvalue weighted by Crippen LogP contribution is 2.33. The zero-order valence-electron chi connectivity index (χ0n) is 21.3. The van der Waals surface area contributed by atoms with Gasteiger partial charge in [-0.1, -0.05) is 37.3 Å². The van der Waals surface area contributed by atoms with Crippen LogP contribution in [0.5, 0.6) is 0 Å². The maximum Gasteiger partial charge on any atom is 0.321 e. The summed E-state index contributed by atoms with van der Waals surface area (Å²) in [6.45, 7) is 6.20. The number of halogens is 1. The SMILES string of the molecule is CCS[C@@H]1O[C@H](C)[C@@H](NC(=O)[C@@H](CCOC(C)=O)OC(C)=O)[C@H](OCc2ccccc2)[C@@H]1OC(=O)CCl. The number of carbonyl (C=O) groups is 4. The molecular weight excluding hydrogens is 526 g/mol. The molecule has 1 aliphatic heterocycles. The van der Waals surface area contributed by atoms with Crippen molar-refractivity contribution in [3.8, 4) is 0 Å². The van der Waals surface area contributed by atoms with Crippen LogP contribution < -0.4 is 5.32 Å². The Morgan fingerprint density at radius 1 is 1.11 bits per heavy atom. The predicted octanol–water partition coefficient (Wildman–Crippen LogP) is 2.59. The largest absolute Gasteiger partial charge is 0.466 e. The minimum atomic E-state index is -1.22. The van der Waals surface area contributed by atoms with Crippen molar-refractivity contribution in [1.29, 1.82) is 0 Å². The van der Waals surface area contributed by atoms with E-state index in [0.717, 1.165) is 5.56 Å². The van der Waals surface area contributed by atoms with Crippen molar-refractivity contribution in [3.63, 3.8) is 0 Å². The molecule has 1 saturated heterocycles. The summed E-state index contributed by atoms with van der Waals surface area (Å²) in [4.78, 5) is 48.2. The third-order valence-electron chi connectivity index (χ3n) is 5.39. The van der Waals surface area contributed by atoms with Gasteiger partial charge in [0, 0.05) is 20.3 Å². The molecule has 1 heterocycles. The third kappa shape index (κ3) is 10.1. The number of thioether (sulfide) groups is 1. The average Bonchev–Trinajstić information content (AvgIpc) is 2.85. The number of ether oxygens (including phenoxy) is 5. The summed E-state index contributed by atoms with van der Waals surface area (Å²) in [6, 6.07) is 8.63. The molecule has 2 rings (SSSR count). The van der Waals surface area contributed by atoms with Crippen LogP contribution in [0, 0.1) is 0 Å². The number of alkyl halides is 1. The van der Waals surface area contributed by atoms with Gasteiger partial charge in [0.1, 0.15) is 17.4 Å². The fourth-order valence-corrected chi connectivity index (χ4v) is 4.83. The summed E-state index contributed by atoms with van der Waals surface area (Å²) in [5.74, 6) is -2.14. The summed E-state index contributed by atoms with van der Waals surface area (Å²) < 4.78 is 28.1. The van der Waals surface area contributed by atoms with Crippen molar-refractivity contribution in [2.24, 2.45) is 0 Å². The van der Waals surface area contributed by atoms with Crippen molar-refractivity contribution in [1.82, 2.24) is 5.32 Å². The molecule has 1 aromatic carbocycles. The quantitative estimate of drug-likeness (QED) is 0.219. The van der Waals surface area contributed by atoms with Gasteiger partial charge in [-0.3, -0.25) is 19.2 Å². The smallest absolute Gasteiger partial charge is 0.321 e. The van der Waals surface area contributed by atoms with Gasteiger partial charge in [-0.15, -0.1) is 23.4 Å². The van der Waals surface area contributed by atoms with E-state index >= 15 is 0 Å². The van der Waals surface area contributed by atoms with E-state index in [9.17, 15) is 19.2 Å². The van der Waals surface area contributed by atoms with Crippen molar-refractivity contribution in [2.45, 2.75) is 76.6 Å². The lowest BCUT2D eigenvalue weighted by atomic mass is 9.96. The Labute approximate surface area is 226 Å². The first-order chi connectivity index (χ1) is 17.7. The molecular formula is C25H34ClNO9S. The molecule has 0 aliphatic carbocycles. The normalized spacial score (nSPS) is 24.0. The van der Waals surface area contributed by atoms with Crippen molar-refractivity contribution in [3.05, 3.63) is 35.9 Å². The van der Waals surface area contributed by atoms with Gasteiger partial charge in [0.05, 0.1) is 25.4 Å². The first-order valence-electron chi connectivity index (χ1n) is 11.9. The Hall–Kier alpha value is -2.34. The second-order valence-electron chi connectivity index (χ2n) is 8.28. The number of nitrogens with one attached hydrogen (secondary N) is 1. The third-order valence-corrected chi connectivity index (χ3v) is 6.65. The van der Waals surface area contributed by atoms with E-state index in [2.05, 4.69) is 5.32 Å². The average molecular weight is 560 g/mol. The molecule has 1 N–H and O–H groups in total. The van der Waals surface area contributed by atoms with Crippen LogP contribution in [-0.4, -0.2) is 77.9 Å². The summed E-state index contributed by atoms with van der Waals surface area (Å²) in [5.41, 5.74) is 0.322. The minimum absolute atomic E-state index is 0.0402. The summed E-state index contributed by atoms with van der Waals surface area (Å²) >= 11 is 7.15. The highest BCUT2D eigenvalue weighted by atomic mass is 35.5. The second kappa shape index (κ2) is 15.8. The second-order valence-corrected chi connectivity index (χ2v) is 9.92. The molecule has 1 aliphatic rings. The number of benzene rings is 1. The molecule has 6 atom stereocenters. The van der Waals surface area contributed by atoms with Gasteiger partial charge in [0.25, 0.3) is 5.91 Å². The fraction of sp³-hybridized carbons (Fsp3) is 0.600. The van der Waals surface area contributed by atoms with Crippen LogP contribution in [0.3, 0.4) is 0 Å². The molecule has 0 saturated carbocycles. The first kappa shape index (κ1) is 30.9. The van der Waals surface area contributed by atoms with Gasteiger partial charge >= 0.3 is 17.9 Å². The molecule has 0 radical (unpaired) electrons. The van der Waals surface area contributed by atoms with E-state index in [1.54, 1.807) is 6.92 Å². The van der Waals surface area contributed by atoms with E-state index in [-0.39, 0.29) is 25.5 Å². The lowest BCUT2D eigenvalue weighted by Crippen LogP contribution is -2.64. The lowest BCUT2D eigenvalue weighted by molar-refractivity contribution is -0.197. The molecule has 0 aromatic heterocycles. The van der Waals surface area contributed by atoms with Crippen LogP contribution >= 0.6 is 23.4 Å². The Morgan fingerprint density at radius 3 is 2.41 bits per heavy atom. The number of rotatable bonds is 13. The monoisotopic (exact) mass is 559 g/mol. The molecule has 206 valence electrons. The van der Waals surface area contributed by atoms with Gasteiger partial charge in [-0.2, -0.15) is 0 Å². The minimum Gasteiger partial charge on any atom is -0.466 e. The molecule has 12 heteroatoms. The van der Waals surface area contributed by atoms with Crippen LogP contribution in [0.1, 0.15) is 39.7 Å². The maximum atomic E-state index is 13.2. The van der Waals surface area contributed by atoms with E-state index in [4.69, 9.17) is 35.3 Å². The van der Waals surface area contributed by atoms with Gasteiger partial charge in [-0.25, -0.2) is 0 Å². The molecule has 1 amide bonds. The highest BCUT2D eigenvalue weighted by molar-refractivity contribution is 7.99.